The minimum absolute atomic E-state index is 0.00692. The third-order valence-electron chi connectivity index (χ3n) is 4.03. The molecule has 0 saturated heterocycles. The number of carbonyl (C=O) groups is 5. The zero-order chi connectivity index (χ0) is 23.8. The van der Waals surface area contributed by atoms with Crippen molar-refractivity contribution in [3.05, 3.63) is 53.1 Å². The highest BCUT2D eigenvalue weighted by Crippen LogP contribution is 2.20. The standard InChI is InChI=1S/C22H24N4O6/c1-12-5-6-19(13(2)7-12)25-22(31)26-20(29)11-32-21(30)16-8-17(23-14(3)27)10-18(9-16)24-15(4)28/h5-10H,11H2,1-4H3,(H,23,27)(H,24,28)(H2,25,26,29,31). The largest absolute Gasteiger partial charge is 0.452 e. The Kier molecular flexibility index (Phi) is 8.05. The number of aryl methyl sites for hydroxylation is 2. The van der Waals surface area contributed by atoms with E-state index in [4.69, 9.17) is 4.74 Å². The van der Waals surface area contributed by atoms with Crippen molar-refractivity contribution in [3.8, 4) is 0 Å². The Morgan fingerprint density at radius 1 is 0.812 bits per heavy atom. The van der Waals surface area contributed by atoms with E-state index in [0.29, 0.717) is 5.69 Å². The van der Waals surface area contributed by atoms with Gasteiger partial charge in [-0.1, -0.05) is 17.7 Å². The predicted molar refractivity (Wildman–Crippen MR) is 118 cm³/mol. The van der Waals surface area contributed by atoms with Crippen molar-refractivity contribution in [1.82, 2.24) is 5.32 Å². The van der Waals surface area contributed by atoms with Crippen molar-refractivity contribution in [1.29, 1.82) is 0 Å². The van der Waals surface area contributed by atoms with E-state index in [9.17, 15) is 24.0 Å². The van der Waals surface area contributed by atoms with Gasteiger partial charge in [0.05, 0.1) is 5.56 Å². The summed E-state index contributed by atoms with van der Waals surface area (Å²) in [5, 5.41) is 9.63. The van der Waals surface area contributed by atoms with Gasteiger partial charge in [0.15, 0.2) is 6.61 Å². The molecule has 0 fully saturated rings. The van der Waals surface area contributed by atoms with Crippen molar-refractivity contribution >= 4 is 46.8 Å². The molecule has 0 heterocycles. The SMILES string of the molecule is CC(=O)Nc1cc(NC(C)=O)cc(C(=O)OCC(=O)NC(=O)Nc2ccc(C)cc2C)c1. The maximum Gasteiger partial charge on any atom is 0.338 e. The van der Waals surface area contributed by atoms with Crippen LogP contribution in [0.2, 0.25) is 0 Å². The van der Waals surface area contributed by atoms with Crippen LogP contribution in [0.5, 0.6) is 0 Å². The van der Waals surface area contributed by atoms with Gasteiger partial charge in [0.1, 0.15) is 0 Å². The fourth-order valence-electron chi connectivity index (χ4n) is 2.78. The molecule has 10 heteroatoms. The van der Waals surface area contributed by atoms with Crippen LogP contribution in [-0.2, 0) is 19.1 Å². The number of amides is 5. The average Bonchev–Trinajstić information content (AvgIpc) is 2.67. The molecule has 2 aromatic carbocycles. The molecule has 32 heavy (non-hydrogen) atoms. The molecule has 0 bridgehead atoms. The number of imide groups is 1. The zero-order valence-corrected chi connectivity index (χ0v) is 18.1. The van der Waals surface area contributed by atoms with Crippen molar-refractivity contribution in [2.75, 3.05) is 22.6 Å². The summed E-state index contributed by atoms with van der Waals surface area (Å²) in [6, 6.07) is 8.77. The molecule has 0 aliphatic rings. The number of rotatable bonds is 6. The molecule has 10 nitrogen and oxygen atoms in total. The van der Waals surface area contributed by atoms with Crippen LogP contribution < -0.4 is 21.3 Å². The maximum absolute atomic E-state index is 12.4. The van der Waals surface area contributed by atoms with Gasteiger partial charge in [0.2, 0.25) is 11.8 Å². The highest BCUT2D eigenvalue weighted by molar-refractivity contribution is 6.03. The predicted octanol–water partition coefficient (Wildman–Crippen LogP) is 2.73. The van der Waals surface area contributed by atoms with E-state index in [1.807, 2.05) is 26.0 Å². The van der Waals surface area contributed by atoms with Gasteiger partial charge in [-0.25, -0.2) is 9.59 Å². The van der Waals surface area contributed by atoms with Gasteiger partial charge in [0, 0.05) is 30.9 Å². The van der Waals surface area contributed by atoms with Crippen molar-refractivity contribution in [2.24, 2.45) is 0 Å². The van der Waals surface area contributed by atoms with Gasteiger partial charge < -0.3 is 20.7 Å². The van der Waals surface area contributed by atoms with E-state index < -0.39 is 24.5 Å². The average molecular weight is 440 g/mol. The summed E-state index contributed by atoms with van der Waals surface area (Å²) in [4.78, 5) is 59.0. The number of carbonyl (C=O) groups excluding carboxylic acids is 5. The Morgan fingerprint density at radius 3 is 1.94 bits per heavy atom. The molecule has 2 aromatic rings. The van der Waals surface area contributed by atoms with Gasteiger partial charge in [-0.3, -0.25) is 19.7 Å². The van der Waals surface area contributed by atoms with Crippen LogP contribution in [0.1, 0.15) is 35.3 Å². The summed E-state index contributed by atoms with van der Waals surface area (Å²) in [5.74, 6) is -2.47. The van der Waals surface area contributed by atoms with E-state index in [1.54, 1.807) is 6.07 Å². The van der Waals surface area contributed by atoms with Crippen LogP contribution in [0, 0.1) is 13.8 Å². The van der Waals surface area contributed by atoms with Crippen molar-refractivity contribution < 1.29 is 28.7 Å². The molecule has 0 spiro atoms. The van der Waals surface area contributed by atoms with E-state index in [1.165, 1.54) is 32.0 Å². The number of nitrogens with one attached hydrogen (secondary N) is 4. The summed E-state index contributed by atoms with van der Waals surface area (Å²) < 4.78 is 4.94. The second-order valence-electron chi connectivity index (χ2n) is 7.06. The molecule has 5 amide bonds. The topological polar surface area (TPSA) is 143 Å². The smallest absolute Gasteiger partial charge is 0.338 e. The lowest BCUT2D eigenvalue weighted by Gasteiger charge is -2.11. The lowest BCUT2D eigenvalue weighted by atomic mass is 10.1. The molecule has 2 rings (SSSR count). The van der Waals surface area contributed by atoms with E-state index in [0.717, 1.165) is 11.1 Å². The van der Waals surface area contributed by atoms with Gasteiger partial charge in [0.25, 0.3) is 5.91 Å². The molecule has 0 radical (unpaired) electrons. The molecule has 0 aromatic heterocycles. The Morgan fingerprint density at radius 2 is 1.41 bits per heavy atom. The molecule has 0 saturated carbocycles. The third kappa shape index (κ3) is 7.56. The van der Waals surface area contributed by atoms with Crippen molar-refractivity contribution in [2.45, 2.75) is 27.7 Å². The summed E-state index contributed by atoms with van der Waals surface area (Å²) >= 11 is 0. The number of benzene rings is 2. The van der Waals surface area contributed by atoms with Gasteiger partial charge in [-0.05, 0) is 43.7 Å². The number of urea groups is 1. The molecule has 168 valence electrons. The Hall–Kier alpha value is -4.21. The summed E-state index contributed by atoms with van der Waals surface area (Å²) in [6.07, 6.45) is 0. The minimum Gasteiger partial charge on any atom is -0.452 e. The van der Waals surface area contributed by atoms with Crippen LogP contribution in [0.4, 0.5) is 21.9 Å². The van der Waals surface area contributed by atoms with E-state index in [-0.39, 0.29) is 28.8 Å². The molecule has 4 N–H and O–H groups in total. The fourth-order valence-corrected chi connectivity index (χ4v) is 2.78. The molecule has 0 aliphatic carbocycles. The second-order valence-corrected chi connectivity index (χ2v) is 7.06. The minimum atomic E-state index is -0.881. The molecule has 0 unspecified atom stereocenters. The first-order chi connectivity index (χ1) is 15.0. The number of hydrogen-bond acceptors (Lipinski definition) is 6. The number of esters is 1. The Labute approximate surface area is 184 Å². The van der Waals surface area contributed by atoms with Crippen LogP contribution in [0.15, 0.2) is 36.4 Å². The van der Waals surface area contributed by atoms with E-state index in [2.05, 4.69) is 21.3 Å². The van der Waals surface area contributed by atoms with Crippen LogP contribution in [0.3, 0.4) is 0 Å². The highest BCUT2D eigenvalue weighted by Gasteiger charge is 2.15. The van der Waals surface area contributed by atoms with Crippen molar-refractivity contribution in [3.63, 3.8) is 0 Å². The molecule has 0 atom stereocenters. The number of ether oxygens (including phenoxy) is 1. The Bertz CT molecular complexity index is 1050. The van der Waals surface area contributed by atoms with Gasteiger partial charge in [-0.2, -0.15) is 0 Å². The van der Waals surface area contributed by atoms with Gasteiger partial charge >= 0.3 is 12.0 Å². The molecule has 0 aliphatic heterocycles. The normalized spacial score (nSPS) is 10.0. The zero-order valence-electron chi connectivity index (χ0n) is 18.1. The van der Waals surface area contributed by atoms with E-state index >= 15 is 0 Å². The monoisotopic (exact) mass is 440 g/mol. The summed E-state index contributed by atoms with van der Waals surface area (Å²) in [7, 11) is 0. The third-order valence-corrected chi connectivity index (χ3v) is 4.03. The lowest BCUT2D eigenvalue weighted by molar-refractivity contribution is -0.123. The number of hydrogen-bond donors (Lipinski definition) is 4. The summed E-state index contributed by atoms with van der Waals surface area (Å²) in [5.41, 5.74) is 2.90. The van der Waals surface area contributed by atoms with Crippen LogP contribution in [0.25, 0.3) is 0 Å². The maximum atomic E-state index is 12.4. The quantitative estimate of drug-likeness (QED) is 0.509. The highest BCUT2D eigenvalue weighted by atomic mass is 16.5. The second kappa shape index (κ2) is 10.7. The van der Waals surface area contributed by atoms with Crippen LogP contribution in [-0.4, -0.2) is 36.3 Å². The van der Waals surface area contributed by atoms with Crippen LogP contribution >= 0.6 is 0 Å². The first-order valence-corrected chi connectivity index (χ1v) is 9.59. The Balaban J connectivity index is 1.98. The molecular formula is C22H24N4O6. The fraction of sp³-hybridized carbons (Fsp3) is 0.227. The molecular weight excluding hydrogens is 416 g/mol. The number of anilines is 3. The lowest BCUT2D eigenvalue weighted by Crippen LogP contribution is -2.37. The first kappa shape index (κ1) is 24.1. The first-order valence-electron chi connectivity index (χ1n) is 9.59. The van der Waals surface area contributed by atoms with Gasteiger partial charge in [-0.15, -0.1) is 0 Å². The summed E-state index contributed by atoms with van der Waals surface area (Å²) in [6.45, 7) is 5.60.